The fourth-order valence-corrected chi connectivity index (χ4v) is 4.45. The van der Waals surface area contributed by atoms with Crippen LogP contribution in [0.1, 0.15) is 48.5 Å². The third-order valence-electron chi connectivity index (χ3n) is 5.98. The van der Waals surface area contributed by atoms with E-state index in [1.54, 1.807) is 10.7 Å². The van der Waals surface area contributed by atoms with Crippen molar-refractivity contribution >= 4 is 22.6 Å². The number of anilines is 1. The van der Waals surface area contributed by atoms with Gasteiger partial charge in [0, 0.05) is 31.1 Å². The molecule has 0 aliphatic heterocycles. The summed E-state index contributed by atoms with van der Waals surface area (Å²) in [7, 11) is 6.18. The summed E-state index contributed by atoms with van der Waals surface area (Å²) in [6.45, 7) is 4.96. The van der Waals surface area contributed by atoms with E-state index < -0.39 is 5.97 Å². The zero-order valence-corrected chi connectivity index (χ0v) is 16.5. The summed E-state index contributed by atoms with van der Waals surface area (Å²) in [5.74, 6) is -0.876. The van der Waals surface area contributed by atoms with Crippen LogP contribution in [0.4, 0.5) is 5.69 Å². The molecule has 26 heavy (non-hydrogen) atoms. The van der Waals surface area contributed by atoms with E-state index in [9.17, 15) is 9.90 Å². The van der Waals surface area contributed by atoms with Crippen molar-refractivity contribution in [2.75, 3.05) is 25.5 Å². The van der Waals surface area contributed by atoms with Gasteiger partial charge in [0.2, 0.25) is 0 Å². The molecule has 1 aliphatic carbocycles. The monoisotopic (exact) mass is 358 g/mol. The topological polar surface area (TPSA) is 61.6 Å². The van der Waals surface area contributed by atoms with Crippen LogP contribution in [0.3, 0.4) is 0 Å². The second-order valence-electron chi connectivity index (χ2n) is 7.62. The van der Waals surface area contributed by atoms with Crippen molar-refractivity contribution in [2.24, 2.45) is 7.05 Å². The highest BCUT2D eigenvalue weighted by Crippen LogP contribution is 2.37. The van der Waals surface area contributed by atoms with Gasteiger partial charge in [-0.05, 0) is 65.3 Å². The second kappa shape index (κ2) is 7.27. The van der Waals surface area contributed by atoms with Crippen LogP contribution in [0.25, 0.3) is 10.9 Å². The SMILES string of the molecule is CCN(c1c(C)c(C(=O)O)cc2c1cnn2C)C1CCC(N(C)C)CC1. The normalized spacial score (nSPS) is 20.7. The van der Waals surface area contributed by atoms with E-state index in [2.05, 4.69) is 35.9 Å². The lowest BCUT2D eigenvalue weighted by Gasteiger charge is -2.40. The van der Waals surface area contributed by atoms with Crippen LogP contribution >= 0.6 is 0 Å². The molecule has 0 saturated heterocycles. The molecule has 1 N–H and O–H groups in total. The number of fused-ring (bicyclic) bond motifs is 1. The lowest BCUT2D eigenvalue weighted by Crippen LogP contribution is -2.42. The van der Waals surface area contributed by atoms with Crippen LogP contribution in [0.2, 0.25) is 0 Å². The second-order valence-corrected chi connectivity index (χ2v) is 7.62. The van der Waals surface area contributed by atoms with Crippen LogP contribution in [0.15, 0.2) is 12.3 Å². The number of carbonyl (C=O) groups is 1. The van der Waals surface area contributed by atoms with Crippen molar-refractivity contribution in [1.29, 1.82) is 0 Å². The highest BCUT2D eigenvalue weighted by molar-refractivity contribution is 6.02. The van der Waals surface area contributed by atoms with Crippen LogP contribution in [-0.2, 0) is 7.05 Å². The van der Waals surface area contributed by atoms with Gasteiger partial charge in [-0.25, -0.2) is 4.79 Å². The van der Waals surface area contributed by atoms with E-state index in [4.69, 9.17) is 0 Å². The average Bonchev–Trinajstić information content (AvgIpc) is 2.98. The summed E-state index contributed by atoms with van der Waals surface area (Å²) >= 11 is 0. The molecule has 2 aromatic rings. The van der Waals surface area contributed by atoms with Crippen molar-refractivity contribution < 1.29 is 9.90 Å². The molecule has 1 heterocycles. The lowest BCUT2D eigenvalue weighted by atomic mass is 9.88. The minimum Gasteiger partial charge on any atom is -0.478 e. The highest BCUT2D eigenvalue weighted by Gasteiger charge is 2.29. The maximum absolute atomic E-state index is 11.8. The maximum Gasteiger partial charge on any atom is 0.336 e. The molecule has 1 aromatic carbocycles. The molecule has 1 aliphatic rings. The van der Waals surface area contributed by atoms with Gasteiger partial charge in [0.1, 0.15) is 0 Å². The maximum atomic E-state index is 11.8. The van der Waals surface area contributed by atoms with Crippen LogP contribution in [0, 0.1) is 6.92 Å². The van der Waals surface area contributed by atoms with E-state index in [0.717, 1.165) is 41.5 Å². The molecule has 0 amide bonds. The molecule has 0 bridgehead atoms. The first kappa shape index (κ1) is 18.7. The lowest BCUT2D eigenvalue weighted by molar-refractivity contribution is 0.0696. The fraction of sp³-hybridized carbons (Fsp3) is 0.600. The first-order chi connectivity index (χ1) is 12.3. The molecule has 0 atom stereocenters. The standard InChI is InChI=1S/C20H30N4O2/c1-6-24(15-9-7-14(8-10-15)22(3)4)19-13(2)16(20(25)26)11-18-17(19)12-21-23(18)5/h11-12,14-15H,6-10H2,1-5H3,(H,25,26). The minimum atomic E-state index is -0.876. The van der Waals surface area contributed by atoms with Gasteiger partial charge in [-0.3, -0.25) is 4.68 Å². The Morgan fingerprint density at radius 2 is 1.88 bits per heavy atom. The first-order valence-electron chi connectivity index (χ1n) is 9.46. The zero-order valence-electron chi connectivity index (χ0n) is 16.5. The molecular weight excluding hydrogens is 328 g/mol. The van der Waals surface area contributed by atoms with Crippen molar-refractivity contribution in [1.82, 2.24) is 14.7 Å². The number of carboxylic acids is 1. The summed E-state index contributed by atoms with van der Waals surface area (Å²) in [4.78, 5) is 16.5. The third-order valence-corrected chi connectivity index (χ3v) is 5.98. The number of carboxylic acid groups (broad SMARTS) is 1. The van der Waals surface area contributed by atoms with Gasteiger partial charge in [-0.2, -0.15) is 5.10 Å². The van der Waals surface area contributed by atoms with Gasteiger partial charge in [0.15, 0.2) is 0 Å². The number of nitrogens with zero attached hydrogens (tertiary/aromatic N) is 4. The minimum absolute atomic E-state index is 0.372. The van der Waals surface area contributed by atoms with E-state index in [-0.39, 0.29) is 0 Å². The molecule has 1 saturated carbocycles. The number of aromatic nitrogens is 2. The summed E-state index contributed by atoms with van der Waals surface area (Å²) in [6, 6.07) is 2.84. The van der Waals surface area contributed by atoms with Crippen molar-refractivity contribution in [3.05, 3.63) is 23.4 Å². The zero-order chi connectivity index (χ0) is 19.0. The quantitative estimate of drug-likeness (QED) is 0.889. The number of aromatic carboxylic acids is 1. The van der Waals surface area contributed by atoms with Crippen molar-refractivity contribution in [3.63, 3.8) is 0 Å². The largest absolute Gasteiger partial charge is 0.478 e. The molecule has 6 heteroatoms. The Kier molecular flexibility index (Phi) is 5.23. The van der Waals surface area contributed by atoms with Gasteiger partial charge in [-0.1, -0.05) is 0 Å². The predicted molar refractivity (Wildman–Crippen MR) is 105 cm³/mol. The smallest absolute Gasteiger partial charge is 0.336 e. The number of aryl methyl sites for hydroxylation is 1. The molecule has 3 rings (SSSR count). The van der Waals surface area contributed by atoms with Crippen LogP contribution in [0.5, 0.6) is 0 Å². The van der Waals surface area contributed by atoms with E-state index in [1.165, 1.54) is 12.8 Å². The Morgan fingerprint density at radius 1 is 1.27 bits per heavy atom. The Bertz CT molecular complexity index is 804. The molecule has 0 spiro atoms. The van der Waals surface area contributed by atoms with E-state index in [0.29, 0.717) is 17.6 Å². The molecule has 1 aromatic heterocycles. The molecule has 142 valence electrons. The third kappa shape index (κ3) is 3.18. The van der Waals surface area contributed by atoms with Crippen molar-refractivity contribution in [2.45, 2.75) is 51.6 Å². The Balaban J connectivity index is 2.04. The fourth-order valence-electron chi connectivity index (χ4n) is 4.45. The molecule has 1 fully saturated rings. The van der Waals surface area contributed by atoms with Crippen molar-refractivity contribution in [3.8, 4) is 0 Å². The van der Waals surface area contributed by atoms with Gasteiger partial charge >= 0.3 is 5.97 Å². The number of hydrogen-bond donors (Lipinski definition) is 1. The molecule has 0 unspecified atom stereocenters. The highest BCUT2D eigenvalue weighted by atomic mass is 16.4. The Hall–Kier alpha value is -2.08. The van der Waals surface area contributed by atoms with Gasteiger partial charge in [-0.15, -0.1) is 0 Å². The number of rotatable bonds is 5. The summed E-state index contributed by atoms with van der Waals surface area (Å²) in [5.41, 5.74) is 3.14. The summed E-state index contributed by atoms with van der Waals surface area (Å²) in [5, 5.41) is 15.1. The number of hydrogen-bond acceptors (Lipinski definition) is 4. The average molecular weight is 358 g/mol. The van der Waals surface area contributed by atoms with Gasteiger partial charge in [0.25, 0.3) is 0 Å². The molecule has 6 nitrogen and oxygen atoms in total. The first-order valence-corrected chi connectivity index (χ1v) is 9.46. The van der Waals surface area contributed by atoms with Crippen LogP contribution < -0.4 is 4.90 Å². The predicted octanol–water partition coefficient (Wildman–Crippen LogP) is 3.28. The van der Waals surface area contributed by atoms with Gasteiger partial charge in [0.05, 0.1) is 23.0 Å². The van der Waals surface area contributed by atoms with E-state index >= 15 is 0 Å². The van der Waals surface area contributed by atoms with E-state index in [1.807, 2.05) is 20.2 Å². The number of benzene rings is 1. The Morgan fingerprint density at radius 3 is 2.42 bits per heavy atom. The molecular formula is C20H30N4O2. The van der Waals surface area contributed by atoms with Gasteiger partial charge < -0.3 is 14.9 Å². The summed E-state index contributed by atoms with van der Waals surface area (Å²) in [6.07, 6.45) is 6.51. The van der Waals surface area contributed by atoms with Crippen LogP contribution in [-0.4, -0.2) is 58.5 Å². The Labute approximate surface area is 155 Å². The molecule has 0 radical (unpaired) electrons. The summed E-state index contributed by atoms with van der Waals surface area (Å²) < 4.78 is 1.77.